The fourth-order valence-corrected chi connectivity index (χ4v) is 1.49. The molecule has 1 aromatic carbocycles. The highest BCUT2D eigenvalue weighted by atomic mass is 79.9. The first kappa shape index (κ1) is 10.5. The molecular formula is C9H11BrFNO. The van der Waals surface area contributed by atoms with Gasteiger partial charge in [0.25, 0.3) is 0 Å². The number of benzene rings is 1. The number of nitrogens with two attached hydrogens (primary N) is 1. The third-order valence-electron chi connectivity index (χ3n) is 1.72. The van der Waals surface area contributed by atoms with E-state index >= 15 is 0 Å². The molecule has 0 heterocycles. The lowest BCUT2D eigenvalue weighted by Gasteiger charge is -2.20. The minimum atomic E-state index is -0.755. The second-order valence-electron chi connectivity index (χ2n) is 3.51. The van der Waals surface area contributed by atoms with Crippen molar-refractivity contribution in [1.29, 1.82) is 0 Å². The van der Waals surface area contributed by atoms with E-state index in [1.807, 2.05) is 0 Å². The first-order chi connectivity index (χ1) is 5.82. The summed E-state index contributed by atoms with van der Waals surface area (Å²) in [5.74, 6) is -1.04. The smallest absolute Gasteiger partial charge is 0.166 e. The van der Waals surface area contributed by atoms with Crippen LogP contribution in [0.25, 0.3) is 0 Å². The Morgan fingerprint density at radius 1 is 1.46 bits per heavy atom. The van der Waals surface area contributed by atoms with Crippen LogP contribution in [0.15, 0.2) is 16.6 Å². The van der Waals surface area contributed by atoms with Crippen LogP contribution in [0.4, 0.5) is 4.39 Å². The van der Waals surface area contributed by atoms with Crippen LogP contribution in [0, 0.1) is 5.82 Å². The van der Waals surface area contributed by atoms with Crippen molar-refractivity contribution in [1.82, 2.24) is 0 Å². The molecule has 0 spiro atoms. The Morgan fingerprint density at radius 2 is 2.00 bits per heavy atom. The quantitative estimate of drug-likeness (QED) is 0.801. The van der Waals surface area contributed by atoms with Crippen LogP contribution >= 0.6 is 15.9 Å². The fraction of sp³-hybridized carbons (Fsp3) is 0.333. The third-order valence-corrected chi connectivity index (χ3v) is 2.18. The topological polar surface area (TPSA) is 46.2 Å². The molecule has 3 N–H and O–H groups in total. The molecule has 0 aliphatic rings. The van der Waals surface area contributed by atoms with E-state index in [9.17, 15) is 9.50 Å². The zero-order valence-corrected chi connectivity index (χ0v) is 9.02. The van der Waals surface area contributed by atoms with Gasteiger partial charge in [0, 0.05) is 15.6 Å². The van der Waals surface area contributed by atoms with Crippen LogP contribution < -0.4 is 5.73 Å². The predicted molar refractivity (Wildman–Crippen MR) is 53.0 cm³/mol. The molecule has 2 nitrogen and oxygen atoms in total. The fourth-order valence-electron chi connectivity index (χ4n) is 1.06. The molecule has 0 saturated heterocycles. The Kier molecular flexibility index (Phi) is 2.63. The van der Waals surface area contributed by atoms with Crippen LogP contribution in [0.3, 0.4) is 0 Å². The molecule has 0 aliphatic heterocycles. The molecule has 72 valence electrons. The van der Waals surface area contributed by atoms with Crippen molar-refractivity contribution in [2.24, 2.45) is 5.73 Å². The van der Waals surface area contributed by atoms with Gasteiger partial charge in [-0.3, -0.25) is 0 Å². The normalized spacial score (nSPS) is 11.8. The van der Waals surface area contributed by atoms with Gasteiger partial charge in [-0.15, -0.1) is 0 Å². The van der Waals surface area contributed by atoms with E-state index in [-0.39, 0.29) is 5.75 Å². The summed E-state index contributed by atoms with van der Waals surface area (Å²) in [6.07, 6.45) is 0. The van der Waals surface area contributed by atoms with Crippen molar-refractivity contribution in [2.75, 3.05) is 0 Å². The lowest BCUT2D eigenvalue weighted by Crippen LogP contribution is -2.28. The van der Waals surface area contributed by atoms with Crippen molar-refractivity contribution in [2.45, 2.75) is 19.4 Å². The zero-order valence-electron chi connectivity index (χ0n) is 7.44. The van der Waals surface area contributed by atoms with E-state index < -0.39 is 11.4 Å². The Balaban J connectivity index is 3.37. The molecule has 0 aliphatic carbocycles. The van der Waals surface area contributed by atoms with Crippen molar-refractivity contribution in [3.63, 3.8) is 0 Å². The van der Waals surface area contributed by atoms with Gasteiger partial charge in [-0.05, 0) is 26.0 Å². The predicted octanol–water partition coefficient (Wildman–Crippen LogP) is 2.49. The molecule has 1 rings (SSSR count). The maximum Gasteiger partial charge on any atom is 0.166 e. The van der Waals surface area contributed by atoms with Crippen LogP contribution in [0.5, 0.6) is 5.75 Å². The Labute approximate surface area is 84.7 Å². The second-order valence-corrected chi connectivity index (χ2v) is 4.42. The molecule has 0 bridgehead atoms. The highest BCUT2D eigenvalue weighted by Crippen LogP contribution is 2.32. The summed E-state index contributed by atoms with van der Waals surface area (Å²) in [6.45, 7) is 3.40. The third kappa shape index (κ3) is 2.19. The summed E-state index contributed by atoms with van der Waals surface area (Å²) in [4.78, 5) is 0. The van der Waals surface area contributed by atoms with Crippen LogP contribution in [-0.4, -0.2) is 5.11 Å². The first-order valence-corrected chi connectivity index (χ1v) is 4.59. The van der Waals surface area contributed by atoms with E-state index in [0.29, 0.717) is 10.0 Å². The summed E-state index contributed by atoms with van der Waals surface area (Å²) in [5, 5.41) is 9.38. The molecule has 1 aromatic rings. The Morgan fingerprint density at radius 3 is 2.46 bits per heavy atom. The van der Waals surface area contributed by atoms with Gasteiger partial charge in [-0.25, -0.2) is 4.39 Å². The molecule has 13 heavy (non-hydrogen) atoms. The van der Waals surface area contributed by atoms with E-state index in [0.717, 1.165) is 0 Å². The molecule has 0 fully saturated rings. The summed E-state index contributed by atoms with van der Waals surface area (Å²) >= 11 is 3.13. The Hall–Kier alpha value is -0.610. The van der Waals surface area contributed by atoms with Crippen molar-refractivity contribution < 1.29 is 9.50 Å². The van der Waals surface area contributed by atoms with E-state index in [1.165, 1.54) is 6.07 Å². The zero-order chi connectivity index (χ0) is 10.2. The highest BCUT2D eigenvalue weighted by Gasteiger charge is 2.21. The number of phenols is 1. The maximum atomic E-state index is 13.0. The number of aromatic hydroxyl groups is 1. The summed E-state index contributed by atoms with van der Waals surface area (Å²) in [7, 11) is 0. The molecule has 0 radical (unpaired) electrons. The van der Waals surface area contributed by atoms with E-state index in [1.54, 1.807) is 19.9 Å². The molecule has 0 saturated carbocycles. The number of hydrogen-bond acceptors (Lipinski definition) is 2. The molecule has 4 heteroatoms. The van der Waals surface area contributed by atoms with Crippen molar-refractivity contribution >= 4 is 15.9 Å². The number of halogens is 2. The van der Waals surface area contributed by atoms with Gasteiger partial charge in [0.1, 0.15) is 0 Å². The van der Waals surface area contributed by atoms with Gasteiger partial charge < -0.3 is 10.8 Å². The van der Waals surface area contributed by atoms with Gasteiger partial charge in [0.15, 0.2) is 11.6 Å². The van der Waals surface area contributed by atoms with Gasteiger partial charge in [0.2, 0.25) is 0 Å². The minimum Gasteiger partial charge on any atom is -0.505 e. The van der Waals surface area contributed by atoms with E-state index in [4.69, 9.17) is 5.73 Å². The van der Waals surface area contributed by atoms with Crippen molar-refractivity contribution in [3.8, 4) is 5.75 Å². The van der Waals surface area contributed by atoms with Gasteiger partial charge in [0.05, 0.1) is 0 Å². The molecular weight excluding hydrogens is 237 g/mol. The SMILES string of the molecule is CC(C)(N)c1cc(Br)cc(F)c1O. The van der Waals surface area contributed by atoms with Gasteiger partial charge in [-0.1, -0.05) is 15.9 Å². The van der Waals surface area contributed by atoms with Crippen LogP contribution in [0.2, 0.25) is 0 Å². The van der Waals surface area contributed by atoms with Crippen LogP contribution in [0.1, 0.15) is 19.4 Å². The molecule has 0 unspecified atom stereocenters. The molecule has 0 atom stereocenters. The standard InChI is InChI=1S/C9H11BrFNO/c1-9(2,12)6-3-5(10)4-7(11)8(6)13/h3-4,13H,12H2,1-2H3. The van der Waals surface area contributed by atoms with Crippen LogP contribution in [-0.2, 0) is 5.54 Å². The highest BCUT2D eigenvalue weighted by molar-refractivity contribution is 9.10. The average Bonchev–Trinajstić information content (AvgIpc) is 1.94. The number of rotatable bonds is 1. The largest absolute Gasteiger partial charge is 0.505 e. The lowest BCUT2D eigenvalue weighted by molar-refractivity contribution is 0.405. The monoisotopic (exact) mass is 247 g/mol. The minimum absolute atomic E-state index is 0.379. The first-order valence-electron chi connectivity index (χ1n) is 3.79. The van der Waals surface area contributed by atoms with Gasteiger partial charge in [-0.2, -0.15) is 0 Å². The number of phenolic OH excluding ortho intramolecular Hbond substituents is 1. The molecule has 0 amide bonds. The average molecular weight is 248 g/mol. The van der Waals surface area contributed by atoms with Gasteiger partial charge >= 0.3 is 0 Å². The second kappa shape index (κ2) is 3.27. The Bertz CT molecular complexity index is 333. The molecule has 0 aromatic heterocycles. The summed E-state index contributed by atoms with van der Waals surface area (Å²) in [6, 6.07) is 2.81. The van der Waals surface area contributed by atoms with Crippen molar-refractivity contribution in [3.05, 3.63) is 28.0 Å². The van der Waals surface area contributed by atoms with E-state index in [2.05, 4.69) is 15.9 Å². The summed E-state index contributed by atoms with van der Waals surface area (Å²) < 4.78 is 13.6. The maximum absolute atomic E-state index is 13.0. The lowest BCUT2D eigenvalue weighted by atomic mass is 9.95. The summed E-state index contributed by atoms with van der Waals surface area (Å²) in [5.41, 5.74) is 5.38. The number of hydrogen-bond donors (Lipinski definition) is 2.